The number of hydrogen-bond acceptors (Lipinski definition) is 7. The van der Waals surface area contributed by atoms with E-state index in [1.54, 1.807) is 26.4 Å². The average Bonchev–Trinajstić information content (AvgIpc) is 3.15. The maximum atomic E-state index is 9.53. The minimum atomic E-state index is -0.369. The van der Waals surface area contributed by atoms with Gasteiger partial charge in [-0.1, -0.05) is 5.16 Å². The van der Waals surface area contributed by atoms with Crippen molar-refractivity contribution in [2.24, 2.45) is 0 Å². The molecule has 0 amide bonds. The molecule has 1 fully saturated rings. The van der Waals surface area contributed by atoms with Crippen molar-refractivity contribution in [3.63, 3.8) is 0 Å². The van der Waals surface area contributed by atoms with E-state index in [2.05, 4.69) is 15.5 Å². The Morgan fingerprint density at radius 3 is 2.76 bits per heavy atom. The molecule has 2 atom stereocenters. The van der Waals surface area contributed by atoms with Crippen LogP contribution in [-0.4, -0.2) is 42.1 Å². The Labute approximate surface area is 121 Å². The van der Waals surface area contributed by atoms with Gasteiger partial charge in [-0.15, -0.1) is 0 Å². The second-order valence-electron chi connectivity index (χ2n) is 4.88. The first-order chi connectivity index (χ1) is 10.2. The lowest BCUT2D eigenvalue weighted by atomic mass is 10.2. The monoisotopic (exact) mass is 291 g/mol. The highest BCUT2D eigenvalue weighted by Gasteiger charge is 2.28. The number of aliphatic hydroxyl groups excluding tert-OH is 1. The maximum absolute atomic E-state index is 9.53. The second-order valence-corrected chi connectivity index (χ2v) is 4.88. The van der Waals surface area contributed by atoms with Crippen molar-refractivity contribution in [3.8, 4) is 22.9 Å². The van der Waals surface area contributed by atoms with Crippen molar-refractivity contribution in [1.82, 2.24) is 15.5 Å². The molecule has 7 heteroatoms. The van der Waals surface area contributed by atoms with Gasteiger partial charge in [-0.2, -0.15) is 4.98 Å². The van der Waals surface area contributed by atoms with Crippen LogP contribution in [-0.2, 0) is 0 Å². The summed E-state index contributed by atoms with van der Waals surface area (Å²) in [6.07, 6.45) is 0.208. The zero-order valence-electron chi connectivity index (χ0n) is 11.9. The molecule has 3 rings (SSSR count). The number of rotatable bonds is 4. The summed E-state index contributed by atoms with van der Waals surface area (Å²) in [4.78, 5) is 4.38. The van der Waals surface area contributed by atoms with Crippen LogP contribution in [0.2, 0.25) is 0 Å². The SMILES string of the molecule is COc1ccc(-c2noc([C@@H]3CC(O)CN3)n2)cc1OC. The van der Waals surface area contributed by atoms with Crippen LogP contribution in [0.3, 0.4) is 0 Å². The third-order valence-electron chi connectivity index (χ3n) is 3.49. The van der Waals surface area contributed by atoms with E-state index in [0.29, 0.717) is 36.2 Å². The number of nitrogens with zero attached hydrogens (tertiary/aromatic N) is 2. The molecule has 0 aliphatic carbocycles. The van der Waals surface area contributed by atoms with Gasteiger partial charge in [0, 0.05) is 12.1 Å². The zero-order valence-corrected chi connectivity index (χ0v) is 11.9. The van der Waals surface area contributed by atoms with Crippen LogP contribution >= 0.6 is 0 Å². The molecule has 2 aromatic rings. The van der Waals surface area contributed by atoms with E-state index < -0.39 is 0 Å². The number of benzene rings is 1. The Kier molecular flexibility index (Phi) is 3.76. The fourth-order valence-electron chi connectivity index (χ4n) is 2.37. The molecule has 2 heterocycles. The van der Waals surface area contributed by atoms with Crippen LogP contribution in [0.4, 0.5) is 0 Å². The molecule has 7 nitrogen and oxygen atoms in total. The van der Waals surface area contributed by atoms with E-state index in [1.807, 2.05) is 6.07 Å². The molecule has 0 spiro atoms. The number of nitrogens with one attached hydrogen (secondary N) is 1. The summed E-state index contributed by atoms with van der Waals surface area (Å²) in [6.45, 7) is 0.540. The summed E-state index contributed by atoms with van der Waals surface area (Å²) < 4.78 is 15.7. The quantitative estimate of drug-likeness (QED) is 0.873. The highest BCUT2D eigenvalue weighted by molar-refractivity contribution is 5.60. The minimum Gasteiger partial charge on any atom is -0.493 e. The molecule has 1 saturated heterocycles. The van der Waals surface area contributed by atoms with Crippen LogP contribution in [0.15, 0.2) is 22.7 Å². The molecule has 0 bridgehead atoms. The number of hydrogen-bond donors (Lipinski definition) is 2. The van der Waals surface area contributed by atoms with Gasteiger partial charge in [0.1, 0.15) is 0 Å². The van der Waals surface area contributed by atoms with Gasteiger partial charge >= 0.3 is 0 Å². The Bertz CT molecular complexity index is 628. The van der Waals surface area contributed by atoms with Gasteiger partial charge in [-0.05, 0) is 24.6 Å². The lowest BCUT2D eigenvalue weighted by Gasteiger charge is -2.07. The van der Waals surface area contributed by atoms with Crippen molar-refractivity contribution in [2.45, 2.75) is 18.6 Å². The normalized spacial score (nSPS) is 21.5. The van der Waals surface area contributed by atoms with Crippen LogP contribution in [0.5, 0.6) is 11.5 Å². The lowest BCUT2D eigenvalue weighted by Crippen LogP contribution is -2.15. The largest absolute Gasteiger partial charge is 0.493 e. The number of ether oxygens (including phenoxy) is 2. The molecule has 112 valence electrons. The van der Waals surface area contributed by atoms with Crippen LogP contribution < -0.4 is 14.8 Å². The second kappa shape index (κ2) is 5.71. The van der Waals surface area contributed by atoms with E-state index in [0.717, 1.165) is 5.56 Å². The predicted octanol–water partition coefficient (Wildman–Crippen LogP) is 1.15. The topological polar surface area (TPSA) is 89.6 Å². The van der Waals surface area contributed by atoms with Gasteiger partial charge in [0.2, 0.25) is 11.7 Å². The maximum Gasteiger partial charge on any atom is 0.244 e. The zero-order chi connectivity index (χ0) is 14.8. The third kappa shape index (κ3) is 2.70. The first kappa shape index (κ1) is 13.8. The van der Waals surface area contributed by atoms with Gasteiger partial charge < -0.3 is 24.4 Å². The van der Waals surface area contributed by atoms with Crippen molar-refractivity contribution in [3.05, 3.63) is 24.1 Å². The van der Waals surface area contributed by atoms with Crippen molar-refractivity contribution in [1.29, 1.82) is 0 Å². The van der Waals surface area contributed by atoms with Crippen LogP contribution in [0.1, 0.15) is 18.4 Å². The van der Waals surface area contributed by atoms with Crippen molar-refractivity contribution in [2.75, 3.05) is 20.8 Å². The summed E-state index contributed by atoms with van der Waals surface area (Å²) in [5.41, 5.74) is 0.779. The fraction of sp³-hybridized carbons (Fsp3) is 0.429. The molecular formula is C14H17N3O4. The molecule has 2 N–H and O–H groups in total. The van der Waals surface area contributed by atoms with Crippen LogP contribution in [0.25, 0.3) is 11.4 Å². The fourth-order valence-corrected chi connectivity index (χ4v) is 2.37. The number of aliphatic hydroxyl groups is 1. The number of β-amino-alcohol motifs (C(OH)–C–C–N with tert-alkyl or cyclic N) is 1. The summed E-state index contributed by atoms with van der Waals surface area (Å²) in [5, 5.41) is 16.6. The van der Waals surface area contributed by atoms with E-state index >= 15 is 0 Å². The standard InChI is InChI=1S/C14H17N3O4/c1-19-11-4-3-8(5-12(11)20-2)13-16-14(21-17-13)10-6-9(18)7-15-10/h3-5,9-10,15,18H,6-7H2,1-2H3/t9?,10-/m0/s1. The smallest absolute Gasteiger partial charge is 0.244 e. The molecule has 1 aliphatic heterocycles. The first-order valence-electron chi connectivity index (χ1n) is 6.68. The highest BCUT2D eigenvalue weighted by Crippen LogP contribution is 2.32. The Morgan fingerprint density at radius 1 is 1.29 bits per heavy atom. The molecule has 0 radical (unpaired) electrons. The predicted molar refractivity (Wildman–Crippen MR) is 74.2 cm³/mol. The minimum absolute atomic E-state index is 0.0959. The van der Waals surface area contributed by atoms with Crippen molar-refractivity contribution < 1.29 is 19.1 Å². The molecule has 1 aliphatic rings. The third-order valence-corrected chi connectivity index (χ3v) is 3.49. The van der Waals surface area contributed by atoms with Gasteiger partial charge in [0.15, 0.2) is 11.5 Å². The summed E-state index contributed by atoms with van der Waals surface area (Å²) in [5.74, 6) is 2.21. The molecular weight excluding hydrogens is 274 g/mol. The van der Waals surface area contributed by atoms with Crippen LogP contribution in [0, 0.1) is 0 Å². The first-order valence-corrected chi connectivity index (χ1v) is 6.68. The molecule has 1 unspecified atom stereocenters. The van der Waals surface area contributed by atoms with E-state index in [1.165, 1.54) is 0 Å². The van der Waals surface area contributed by atoms with Gasteiger partial charge in [-0.25, -0.2) is 0 Å². The van der Waals surface area contributed by atoms with E-state index in [9.17, 15) is 5.11 Å². The molecule has 0 saturated carbocycles. The lowest BCUT2D eigenvalue weighted by molar-refractivity contribution is 0.191. The van der Waals surface area contributed by atoms with E-state index in [4.69, 9.17) is 14.0 Å². The molecule has 21 heavy (non-hydrogen) atoms. The summed E-state index contributed by atoms with van der Waals surface area (Å²) in [7, 11) is 3.16. The number of methoxy groups -OCH3 is 2. The molecule has 1 aromatic carbocycles. The Hall–Kier alpha value is -2.12. The average molecular weight is 291 g/mol. The van der Waals surface area contributed by atoms with Gasteiger partial charge in [0.05, 0.1) is 26.4 Å². The highest BCUT2D eigenvalue weighted by atomic mass is 16.5. The Balaban J connectivity index is 1.86. The number of aromatic nitrogens is 2. The summed E-state index contributed by atoms with van der Waals surface area (Å²) in [6, 6.07) is 5.33. The van der Waals surface area contributed by atoms with E-state index in [-0.39, 0.29) is 12.1 Å². The molecule has 1 aromatic heterocycles. The van der Waals surface area contributed by atoms with Gasteiger partial charge in [0.25, 0.3) is 0 Å². The summed E-state index contributed by atoms with van der Waals surface area (Å²) >= 11 is 0. The van der Waals surface area contributed by atoms with Crippen molar-refractivity contribution >= 4 is 0 Å². The van der Waals surface area contributed by atoms with Gasteiger partial charge in [-0.3, -0.25) is 0 Å². The Morgan fingerprint density at radius 2 is 2.10 bits per heavy atom.